The monoisotopic (exact) mass is 358 g/mol. The summed E-state index contributed by atoms with van der Waals surface area (Å²) in [5, 5.41) is 0. The molecule has 0 unspecified atom stereocenters. The number of rotatable bonds is 3. The molecule has 0 saturated carbocycles. The number of H-pyrrole nitrogens is 2. The molecule has 0 amide bonds. The second-order valence-electron chi connectivity index (χ2n) is 5.18. The minimum atomic E-state index is -4.90. The smallest absolute Gasteiger partial charge is 0.406 e. The van der Waals surface area contributed by atoms with Gasteiger partial charge in [-0.1, -0.05) is 0 Å². The van der Waals surface area contributed by atoms with E-state index in [2.05, 4.69) is 19.7 Å². The molecule has 0 aliphatic rings. The van der Waals surface area contributed by atoms with Crippen molar-refractivity contribution in [2.45, 2.75) is 12.8 Å². The molecule has 25 heavy (non-hydrogen) atoms. The Balaban J connectivity index is 2.00. The molecule has 0 atom stereocenters. The molecule has 0 fully saturated rings. The maximum atomic E-state index is 13.9. The number of aryl methyl sites for hydroxylation is 1. The summed E-state index contributed by atoms with van der Waals surface area (Å²) in [6, 6.07) is 2.57. The maximum Gasteiger partial charge on any atom is 0.573 e. The molecular weight excluding hydrogens is 348 g/mol. The number of alkyl halides is 3. The van der Waals surface area contributed by atoms with Crippen molar-refractivity contribution < 1.29 is 22.3 Å². The first kappa shape index (κ1) is 16.7. The Morgan fingerprint density at radius 2 is 1.96 bits per heavy atom. The van der Waals surface area contributed by atoms with Crippen LogP contribution in [0.2, 0.25) is 0 Å². The summed E-state index contributed by atoms with van der Waals surface area (Å²) < 4.78 is 55.5. The van der Waals surface area contributed by atoms with Gasteiger partial charge in [-0.2, -0.15) is 0 Å². The van der Waals surface area contributed by atoms with E-state index in [0.717, 1.165) is 22.8 Å². The van der Waals surface area contributed by atoms with E-state index in [1.54, 1.807) is 0 Å². The van der Waals surface area contributed by atoms with E-state index in [-0.39, 0.29) is 29.0 Å². The summed E-state index contributed by atoms with van der Waals surface area (Å²) in [4.78, 5) is 32.0. The molecule has 2 N–H and O–H groups in total. The molecule has 2 aromatic heterocycles. The number of nitrogens with one attached hydrogen (secondary N) is 2. The largest absolute Gasteiger partial charge is 0.573 e. The highest BCUT2D eigenvalue weighted by atomic mass is 19.4. The maximum absolute atomic E-state index is 13.9. The van der Waals surface area contributed by atoms with Crippen LogP contribution in [-0.2, 0) is 13.5 Å². The fourth-order valence-electron chi connectivity index (χ4n) is 2.30. The number of imidazole rings is 1. The van der Waals surface area contributed by atoms with Crippen LogP contribution in [0.4, 0.5) is 17.6 Å². The average molecular weight is 358 g/mol. The van der Waals surface area contributed by atoms with E-state index in [9.17, 15) is 27.2 Å². The van der Waals surface area contributed by atoms with Gasteiger partial charge in [-0.05, 0) is 23.8 Å². The van der Waals surface area contributed by atoms with Gasteiger partial charge in [-0.15, -0.1) is 13.2 Å². The van der Waals surface area contributed by atoms with Gasteiger partial charge >= 0.3 is 12.1 Å². The zero-order chi connectivity index (χ0) is 18.4. The number of ether oxygens (including phenoxy) is 1. The molecule has 3 aromatic rings. The highest BCUT2D eigenvalue weighted by molar-refractivity contribution is 5.69. The Bertz CT molecular complexity index is 1060. The summed E-state index contributed by atoms with van der Waals surface area (Å²) in [7, 11) is 1.38. The van der Waals surface area contributed by atoms with E-state index in [4.69, 9.17) is 0 Å². The highest BCUT2D eigenvalue weighted by Gasteiger charge is 2.31. The molecular formula is C14H10F4N4O3. The van der Waals surface area contributed by atoms with Gasteiger partial charge < -0.3 is 9.72 Å². The minimum Gasteiger partial charge on any atom is -0.406 e. The lowest BCUT2D eigenvalue weighted by Crippen LogP contribution is -2.28. The summed E-state index contributed by atoms with van der Waals surface area (Å²) in [5.74, 6) is -1.24. The first-order valence-electron chi connectivity index (χ1n) is 6.86. The normalized spacial score (nSPS) is 11.9. The zero-order valence-corrected chi connectivity index (χ0v) is 12.6. The van der Waals surface area contributed by atoms with Crippen molar-refractivity contribution in [3.63, 3.8) is 0 Å². The van der Waals surface area contributed by atoms with E-state index in [1.807, 2.05) is 0 Å². The zero-order valence-electron chi connectivity index (χ0n) is 12.6. The van der Waals surface area contributed by atoms with Crippen LogP contribution in [0.1, 0.15) is 11.4 Å². The first-order chi connectivity index (χ1) is 11.6. The van der Waals surface area contributed by atoms with Crippen molar-refractivity contribution in [2.24, 2.45) is 7.05 Å². The van der Waals surface area contributed by atoms with E-state index in [0.29, 0.717) is 0 Å². The second kappa shape index (κ2) is 5.76. The Kier molecular flexibility index (Phi) is 3.85. The molecule has 0 aliphatic carbocycles. The molecule has 2 heterocycles. The van der Waals surface area contributed by atoms with E-state index in [1.165, 1.54) is 7.05 Å². The first-order valence-corrected chi connectivity index (χ1v) is 6.86. The van der Waals surface area contributed by atoms with Crippen LogP contribution in [0.5, 0.6) is 5.75 Å². The molecule has 0 radical (unpaired) electrons. The molecule has 1 aromatic carbocycles. The lowest BCUT2D eigenvalue weighted by Gasteiger charge is -2.10. The predicted molar refractivity (Wildman–Crippen MR) is 77.8 cm³/mol. The third-order valence-electron chi connectivity index (χ3n) is 3.41. The van der Waals surface area contributed by atoms with Gasteiger partial charge in [-0.25, -0.2) is 14.2 Å². The van der Waals surface area contributed by atoms with Crippen LogP contribution in [0.25, 0.3) is 11.2 Å². The van der Waals surface area contributed by atoms with E-state index >= 15 is 0 Å². The highest BCUT2D eigenvalue weighted by Crippen LogP contribution is 2.25. The van der Waals surface area contributed by atoms with Crippen molar-refractivity contribution in [2.75, 3.05) is 0 Å². The number of benzene rings is 1. The van der Waals surface area contributed by atoms with Gasteiger partial charge in [0.15, 0.2) is 5.65 Å². The number of aromatic nitrogens is 4. The van der Waals surface area contributed by atoms with E-state index < -0.39 is 29.2 Å². The molecule has 0 aliphatic heterocycles. The number of fused-ring (bicyclic) bond motifs is 1. The molecule has 3 rings (SSSR count). The van der Waals surface area contributed by atoms with Gasteiger partial charge in [0.05, 0.1) is 0 Å². The van der Waals surface area contributed by atoms with Crippen LogP contribution < -0.4 is 16.0 Å². The quantitative estimate of drug-likeness (QED) is 0.696. The number of aromatic amines is 2. The van der Waals surface area contributed by atoms with Crippen molar-refractivity contribution in [3.05, 3.63) is 56.2 Å². The standard InChI is InChI=1S/C14H10F4N4O3/c1-22-11-10(12(23)21-13(22)24)19-9(20-11)5-6-4-7(2-3-8(6)15)25-14(16,17)18/h2-4H,5H2,1H3,(H,19,20)(H,21,23,24). The number of hydrogen-bond acceptors (Lipinski definition) is 4. The fourth-order valence-corrected chi connectivity index (χ4v) is 2.30. The minimum absolute atomic E-state index is 0.000189. The van der Waals surface area contributed by atoms with Gasteiger partial charge in [0.2, 0.25) is 0 Å². The van der Waals surface area contributed by atoms with Crippen molar-refractivity contribution in [1.82, 2.24) is 19.5 Å². The summed E-state index contributed by atoms with van der Waals surface area (Å²) in [5.41, 5.74) is -1.46. The van der Waals surface area contributed by atoms with Crippen molar-refractivity contribution in [3.8, 4) is 5.75 Å². The Hall–Kier alpha value is -3.11. The van der Waals surface area contributed by atoms with Crippen LogP contribution in [0, 0.1) is 5.82 Å². The van der Waals surface area contributed by atoms with Crippen LogP contribution >= 0.6 is 0 Å². The summed E-state index contributed by atoms with van der Waals surface area (Å²) in [6.07, 6.45) is -5.14. The molecule has 0 saturated heterocycles. The Morgan fingerprint density at radius 3 is 2.64 bits per heavy atom. The predicted octanol–water partition coefficient (Wildman–Crippen LogP) is 1.58. The number of halogens is 4. The van der Waals surface area contributed by atoms with Gasteiger partial charge in [0.25, 0.3) is 5.56 Å². The second-order valence-corrected chi connectivity index (χ2v) is 5.18. The topological polar surface area (TPSA) is 92.8 Å². The number of hydrogen-bond donors (Lipinski definition) is 2. The van der Waals surface area contributed by atoms with Gasteiger partial charge in [-0.3, -0.25) is 14.3 Å². The lowest BCUT2D eigenvalue weighted by molar-refractivity contribution is -0.274. The average Bonchev–Trinajstić information content (AvgIpc) is 2.91. The Morgan fingerprint density at radius 1 is 1.24 bits per heavy atom. The van der Waals surface area contributed by atoms with Crippen molar-refractivity contribution >= 4 is 11.2 Å². The SMILES string of the molecule is Cn1c(=O)[nH]c(=O)c2[nH]c(Cc3cc(OC(F)(F)F)ccc3F)nc21. The lowest BCUT2D eigenvalue weighted by atomic mass is 10.1. The van der Waals surface area contributed by atoms with Gasteiger partial charge in [0.1, 0.15) is 22.9 Å². The molecule has 11 heteroatoms. The van der Waals surface area contributed by atoms with Crippen LogP contribution in [0.15, 0.2) is 27.8 Å². The Labute approximate surface area is 135 Å². The van der Waals surface area contributed by atoms with Gasteiger partial charge in [0, 0.05) is 13.5 Å². The fraction of sp³-hybridized carbons (Fsp3) is 0.214. The summed E-state index contributed by atoms with van der Waals surface area (Å²) >= 11 is 0. The third-order valence-corrected chi connectivity index (χ3v) is 3.41. The van der Waals surface area contributed by atoms with Crippen LogP contribution in [-0.4, -0.2) is 25.9 Å². The summed E-state index contributed by atoms with van der Waals surface area (Å²) in [6.45, 7) is 0. The molecule has 0 spiro atoms. The molecule has 0 bridgehead atoms. The van der Waals surface area contributed by atoms with Crippen LogP contribution in [0.3, 0.4) is 0 Å². The molecule has 7 nitrogen and oxygen atoms in total. The molecule has 132 valence electrons. The van der Waals surface area contributed by atoms with Crippen molar-refractivity contribution in [1.29, 1.82) is 0 Å². The number of nitrogens with zero attached hydrogens (tertiary/aromatic N) is 2. The third kappa shape index (κ3) is 3.39.